The zero-order valence-electron chi connectivity index (χ0n) is 11.6. The van der Waals surface area contributed by atoms with Crippen LogP contribution < -0.4 is 4.74 Å². The summed E-state index contributed by atoms with van der Waals surface area (Å²) in [7, 11) is 0. The van der Waals surface area contributed by atoms with Gasteiger partial charge in [-0.1, -0.05) is 42.5 Å². The summed E-state index contributed by atoms with van der Waals surface area (Å²) < 4.78 is 11.0. The molecule has 0 aromatic heterocycles. The van der Waals surface area contributed by atoms with Crippen LogP contribution in [0.1, 0.15) is 22.3 Å². The Kier molecular flexibility index (Phi) is 4.01. The Bertz CT molecular complexity index is 659. The number of rotatable bonds is 5. The van der Waals surface area contributed by atoms with E-state index in [0.717, 1.165) is 12.0 Å². The Morgan fingerprint density at radius 3 is 2.71 bits per heavy atom. The van der Waals surface area contributed by atoms with E-state index in [9.17, 15) is 4.79 Å². The maximum atomic E-state index is 12.2. The number of hydrogen-bond donors (Lipinski definition) is 0. The molecule has 2 aromatic rings. The van der Waals surface area contributed by atoms with E-state index in [4.69, 9.17) is 9.47 Å². The average Bonchev–Trinajstić information content (AvgIpc) is 3.08. The number of allylic oxidation sites excluding steroid dienone is 1. The van der Waals surface area contributed by atoms with Crippen LogP contribution in [0.4, 0.5) is 0 Å². The molecule has 0 aliphatic carbocycles. The Morgan fingerprint density at radius 2 is 1.95 bits per heavy atom. The first-order valence-corrected chi connectivity index (χ1v) is 6.97. The van der Waals surface area contributed by atoms with Crippen LogP contribution in [0.25, 0.3) is 0 Å². The van der Waals surface area contributed by atoms with Gasteiger partial charge in [0.15, 0.2) is 5.76 Å². The van der Waals surface area contributed by atoms with E-state index < -0.39 is 0 Å². The quantitative estimate of drug-likeness (QED) is 0.782. The second-order valence-corrected chi connectivity index (χ2v) is 4.84. The van der Waals surface area contributed by atoms with Crippen LogP contribution >= 0.6 is 0 Å². The molecule has 0 atom stereocenters. The Hall–Kier alpha value is -2.55. The van der Waals surface area contributed by atoms with Gasteiger partial charge in [-0.15, -0.1) is 0 Å². The average molecular weight is 280 g/mol. The third-order valence-corrected chi connectivity index (χ3v) is 3.27. The maximum Gasteiger partial charge on any atom is 0.227 e. The van der Waals surface area contributed by atoms with E-state index in [1.165, 1.54) is 0 Å². The number of carbonyl (C=O) groups excluding carboxylic acids is 1. The fourth-order valence-electron chi connectivity index (χ4n) is 2.19. The van der Waals surface area contributed by atoms with E-state index in [1.807, 2.05) is 48.5 Å². The fourth-order valence-corrected chi connectivity index (χ4v) is 2.19. The molecule has 21 heavy (non-hydrogen) atoms. The van der Waals surface area contributed by atoms with Crippen LogP contribution in [0.5, 0.6) is 5.75 Å². The molecule has 3 heteroatoms. The molecular weight excluding hydrogens is 264 g/mol. The van der Waals surface area contributed by atoms with Gasteiger partial charge in [0.25, 0.3) is 0 Å². The van der Waals surface area contributed by atoms with E-state index in [-0.39, 0.29) is 5.78 Å². The molecule has 1 aliphatic rings. The van der Waals surface area contributed by atoms with Crippen LogP contribution in [0.2, 0.25) is 0 Å². The number of benzene rings is 2. The number of carbonyl (C=O) groups is 1. The maximum absolute atomic E-state index is 12.2. The van der Waals surface area contributed by atoms with Gasteiger partial charge in [0.05, 0.1) is 6.61 Å². The SMILES string of the molecule is O=C(C1=CCCO1)c1cccc(OCc2ccccc2)c1. The Morgan fingerprint density at radius 1 is 1.10 bits per heavy atom. The van der Waals surface area contributed by atoms with Gasteiger partial charge in [0, 0.05) is 12.0 Å². The fraction of sp³-hybridized carbons (Fsp3) is 0.167. The first kappa shape index (κ1) is 13.4. The van der Waals surface area contributed by atoms with Crippen molar-refractivity contribution < 1.29 is 14.3 Å². The van der Waals surface area contributed by atoms with Gasteiger partial charge in [0.2, 0.25) is 5.78 Å². The monoisotopic (exact) mass is 280 g/mol. The Balaban J connectivity index is 1.70. The lowest BCUT2D eigenvalue weighted by Gasteiger charge is -2.08. The predicted octanol–water partition coefficient (Wildman–Crippen LogP) is 3.75. The summed E-state index contributed by atoms with van der Waals surface area (Å²) in [6, 6.07) is 17.1. The van der Waals surface area contributed by atoms with Crippen molar-refractivity contribution >= 4 is 5.78 Å². The predicted molar refractivity (Wildman–Crippen MR) is 80.2 cm³/mol. The normalized spacial score (nSPS) is 13.4. The minimum atomic E-state index is -0.0855. The molecule has 0 saturated carbocycles. The second kappa shape index (κ2) is 6.27. The van der Waals surface area contributed by atoms with Crippen molar-refractivity contribution in [2.75, 3.05) is 6.61 Å². The third kappa shape index (κ3) is 3.31. The van der Waals surface area contributed by atoms with Gasteiger partial charge in [-0.3, -0.25) is 4.79 Å². The molecule has 0 saturated heterocycles. The minimum Gasteiger partial charge on any atom is -0.489 e. The second-order valence-electron chi connectivity index (χ2n) is 4.84. The lowest BCUT2D eigenvalue weighted by atomic mass is 10.1. The molecule has 3 nitrogen and oxygen atoms in total. The van der Waals surface area contributed by atoms with Gasteiger partial charge in [-0.05, 0) is 23.8 Å². The number of hydrogen-bond acceptors (Lipinski definition) is 3. The minimum absolute atomic E-state index is 0.0855. The summed E-state index contributed by atoms with van der Waals surface area (Å²) in [5.41, 5.74) is 1.68. The molecule has 0 radical (unpaired) electrons. The number of Topliss-reactive ketones (excluding diaryl/α,β-unsaturated/α-hetero) is 1. The van der Waals surface area contributed by atoms with Crippen molar-refractivity contribution in [3.63, 3.8) is 0 Å². The molecule has 2 aromatic carbocycles. The van der Waals surface area contributed by atoms with Crippen molar-refractivity contribution in [3.05, 3.63) is 77.6 Å². The molecule has 0 N–H and O–H groups in total. The summed E-state index contributed by atoms with van der Waals surface area (Å²) in [5, 5.41) is 0. The van der Waals surface area contributed by atoms with Crippen LogP contribution in [0.3, 0.4) is 0 Å². The van der Waals surface area contributed by atoms with Crippen molar-refractivity contribution in [1.29, 1.82) is 0 Å². The summed E-state index contributed by atoms with van der Waals surface area (Å²) >= 11 is 0. The van der Waals surface area contributed by atoms with Crippen LogP contribution in [0.15, 0.2) is 66.4 Å². The summed E-state index contributed by atoms with van der Waals surface area (Å²) in [5.74, 6) is 1.04. The molecule has 0 fully saturated rings. The van der Waals surface area contributed by atoms with Crippen LogP contribution in [0, 0.1) is 0 Å². The van der Waals surface area contributed by atoms with E-state index in [2.05, 4.69) is 0 Å². The van der Waals surface area contributed by atoms with Crippen molar-refractivity contribution in [3.8, 4) is 5.75 Å². The first-order valence-electron chi connectivity index (χ1n) is 6.97. The van der Waals surface area contributed by atoms with E-state index >= 15 is 0 Å². The van der Waals surface area contributed by atoms with Gasteiger partial charge in [0.1, 0.15) is 12.4 Å². The molecule has 0 spiro atoms. The third-order valence-electron chi connectivity index (χ3n) is 3.27. The van der Waals surface area contributed by atoms with Gasteiger partial charge < -0.3 is 9.47 Å². The number of ketones is 1. The zero-order chi connectivity index (χ0) is 14.5. The highest BCUT2D eigenvalue weighted by Gasteiger charge is 2.17. The van der Waals surface area contributed by atoms with Crippen molar-refractivity contribution in [2.24, 2.45) is 0 Å². The molecule has 1 aliphatic heterocycles. The highest BCUT2D eigenvalue weighted by molar-refractivity contribution is 6.07. The highest BCUT2D eigenvalue weighted by Crippen LogP contribution is 2.20. The molecule has 0 unspecified atom stereocenters. The van der Waals surface area contributed by atoms with Gasteiger partial charge in [-0.2, -0.15) is 0 Å². The first-order chi connectivity index (χ1) is 10.3. The highest BCUT2D eigenvalue weighted by atomic mass is 16.5. The molecule has 0 bridgehead atoms. The van der Waals surface area contributed by atoms with Gasteiger partial charge >= 0.3 is 0 Å². The smallest absolute Gasteiger partial charge is 0.227 e. The van der Waals surface area contributed by atoms with Crippen LogP contribution in [-0.2, 0) is 11.3 Å². The molecule has 106 valence electrons. The topological polar surface area (TPSA) is 35.5 Å². The van der Waals surface area contributed by atoms with Gasteiger partial charge in [-0.25, -0.2) is 0 Å². The summed E-state index contributed by atoms with van der Waals surface area (Å²) in [6.45, 7) is 1.07. The standard InChI is InChI=1S/C18H16O3/c19-18(17-10-5-11-20-17)15-8-4-9-16(12-15)21-13-14-6-2-1-3-7-14/h1-4,6-10,12H,5,11,13H2. The van der Waals surface area contributed by atoms with E-state index in [0.29, 0.717) is 30.3 Å². The molecule has 1 heterocycles. The van der Waals surface area contributed by atoms with E-state index in [1.54, 1.807) is 12.1 Å². The molecular formula is C18H16O3. The van der Waals surface area contributed by atoms with Crippen molar-refractivity contribution in [2.45, 2.75) is 13.0 Å². The number of ether oxygens (including phenoxy) is 2. The molecule has 3 rings (SSSR count). The lowest BCUT2D eigenvalue weighted by molar-refractivity contribution is 0.0942. The molecule has 0 amide bonds. The summed E-state index contributed by atoms with van der Waals surface area (Å²) in [6.07, 6.45) is 2.63. The lowest BCUT2D eigenvalue weighted by Crippen LogP contribution is -2.04. The largest absolute Gasteiger partial charge is 0.489 e. The summed E-state index contributed by atoms with van der Waals surface area (Å²) in [4.78, 5) is 12.2. The van der Waals surface area contributed by atoms with Crippen LogP contribution in [-0.4, -0.2) is 12.4 Å². The Labute approximate surface area is 123 Å². The van der Waals surface area contributed by atoms with Crippen molar-refractivity contribution in [1.82, 2.24) is 0 Å². The zero-order valence-corrected chi connectivity index (χ0v) is 11.6.